The second-order valence-electron chi connectivity index (χ2n) is 8.71. The first-order valence-corrected chi connectivity index (χ1v) is 10.8. The summed E-state index contributed by atoms with van der Waals surface area (Å²) in [6.45, 7) is 1.60. The van der Waals surface area contributed by atoms with Gasteiger partial charge in [-0.15, -0.1) is 0 Å². The van der Waals surface area contributed by atoms with Crippen LogP contribution in [0.3, 0.4) is 0 Å². The summed E-state index contributed by atoms with van der Waals surface area (Å²) in [4.78, 5) is 49.8. The first kappa shape index (κ1) is 21.3. The molecule has 8 heteroatoms. The van der Waals surface area contributed by atoms with E-state index in [9.17, 15) is 19.2 Å². The van der Waals surface area contributed by atoms with E-state index in [0.29, 0.717) is 17.5 Å². The maximum absolute atomic E-state index is 12.7. The van der Waals surface area contributed by atoms with Crippen LogP contribution in [0.5, 0.6) is 0 Å². The van der Waals surface area contributed by atoms with Crippen LogP contribution in [-0.2, 0) is 28.5 Å². The van der Waals surface area contributed by atoms with Gasteiger partial charge in [0.05, 0.1) is 23.8 Å². The molecule has 5 atom stereocenters. The van der Waals surface area contributed by atoms with Gasteiger partial charge in [0.25, 0.3) is 0 Å². The van der Waals surface area contributed by atoms with Crippen LogP contribution < -0.4 is 0 Å². The minimum absolute atomic E-state index is 0.0105. The normalized spacial score (nSPS) is 29.5. The van der Waals surface area contributed by atoms with E-state index in [1.54, 1.807) is 55.5 Å². The van der Waals surface area contributed by atoms with Gasteiger partial charge < -0.3 is 18.9 Å². The Bertz CT molecular complexity index is 1130. The summed E-state index contributed by atoms with van der Waals surface area (Å²) in [6, 6.07) is 15.6. The monoisotopic (exact) mass is 450 g/mol. The van der Waals surface area contributed by atoms with Crippen molar-refractivity contribution in [3.05, 3.63) is 71.3 Å². The van der Waals surface area contributed by atoms with Crippen molar-refractivity contribution in [2.24, 2.45) is 17.8 Å². The molecule has 2 bridgehead atoms. The first-order chi connectivity index (χ1) is 15.9. The SMILES string of the molecule is Cc1ccccc1C(=O)OC[C@@]12C[C@H](COC(=O)c3ccccc3)[C@H](O1)C1C(=O)OC(=O)C12. The van der Waals surface area contributed by atoms with Gasteiger partial charge in [-0.2, -0.15) is 0 Å². The Balaban J connectivity index is 1.32. The van der Waals surface area contributed by atoms with Crippen LogP contribution in [-0.4, -0.2) is 48.8 Å². The Kier molecular flexibility index (Phi) is 5.25. The van der Waals surface area contributed by atoms with E-state index in [-0.39, 0.29) is 19.1 Å². The molecular weight excluding hydrogens is 428 g/mol. The second-order valence-corrected chi connectivity index (χ2v) is 8.71. The fourth-order valence-electron chi connectivity index (χ4n) is 5.17. The number of carbonyl (C=O) groups excluding carboxylic acids is 4. The maximum atomic E-state index is 12.7. The van der Waals surface area contributed by atoms with Gasteiger partial charge in [0.1, 0.15) is 24.0 Å². The molecule has 33 heavy (non-hydrogen) atoms. The molecule has 0 radical (unpaired) electrons. The van der Waals surface area contributed by atoms with Crippen LogP contribution in [0.1, 0.15) is 32.7 Å². The lowest BCUT2D eigenvalue weighted by Crippen LogP contribution is -2.47. The number of esters is 4. The van der Waals surface area contributed by atoms with Crippen LogP contribution in [0, 0.1) is 24.7 Å². The minimum atomic E-state index is -1.19. The van der Waals surface area contributed by atoms with Gasteiger partial charge in [-0.3, -0.25) is 9.59 Å². The molecule has 2 aromatic carbocycles. The number of hydrogen-bond donors (Lipinski definition) is 0. The lowest BCUT2D eigenvalue weighted by atomic mass is 9.69. The summed E-state index contributed by atoms with van der Waals surface area (Å²) in [5, 5.41) is 0. The molecule has 8 nitrogen and oxygen atoms in total. The average Bonchev–Trinajstić information content (AvgIpc) is 3.45. The molecular formula is C25H22O8. The minimum Gasteiger partial charge on any atom is -0.462 e. The summed E-state index contributed by atoms with van der Waals surface area (Å²) in [7, 11) is 0. The van der Waals surface area contributed by atoms with Crippen molar-refractivity contribution in [3.8, 4) is 0 Å². The number of benzene rings is 2. The molecule has 3 saturated heterocycles. The molecule has 0 aliphatic carbocycles. The number of hydrogen-bond acceptors (Lipinski definition) is 8. The Morgan fingerprint density at radius 1 is 0.970 bits per heavy atom. The second kappa shape index (κ2) is 8.12. The predicted molar refractivity (Wildman–Crippen MR) is 112 cm³/mol. The van der Waals surface area contributed by atoms with Gasteiger partial charge in [-0.25, -0.2) is 9.59 Å². The van der Waals surface area contributed by atoms with Crippen LogP contribution in [0.15, 0.2) is 54.6 Å². The number of carbonyl (C=O) groups is 4. The molecule has 3 heterocycles. The zero-order valence-electron chi connectivity index (χ0n) is 17.9. The van der Waals surface area contributed by atoms with Crippen LogP contribution >= 0.6 is 0 Å². The lowest BCUT2D eigenvalue weighted by Gasteiger charge is -2.31. The zero-order chi connectivity index (χ0) is 23.2. The van der Waals surface area contributed by atoms with Gasteiger partial charge in [0.2, 0.25) is 0 Å². The van der Waals surface area contributed by atoms with Crippen molar-refractivity contribution >= 4 is 23.9 Å². The van der Waals surface area contributed by atoms with Crippen molar-refractivity contribution in [1.29, 1.82) is 0 Å². The highest BCUT2D eigenvalue weighted by molar-refractivity contribution is 5.98. The molecule has 0 amide bonds. The molecule has 0 N–H and O–H groups in total. The van der Waals surface area contributed by atoms with Crippen molar-refractivity contribution in [3.63, 3.8) is 0 Å². The van der Waals surface area contributed by atoms with E-state index in [0.717, 1.165) is 5.56 Å². The van der Waals surface area contributed by atoms with E-state index in [4.69, 9.17) is 18.9 Å². The summed E-state index contributed by atoms with van der Waals surface area (Å²) in [5.41, 5.74) is 0.393. The summed E-state index contributed by atoms with van der Waals surface area (Å²) >= 11 is 0. The Hall–Kier alpha value is -3.52. The third-order valence-corrected chi connectivity index (χ3v) is 6.70. The fraction of sp³-hybridized carbons (Fsp3) is 0.360. The van der Waals surface area contributed by atoms with Gasteiger partial charge in [-0.05, 0) is 37.1 Å². The van der Waals surface area contributed by atoms with Crippen LogP contribution in [0.2, 0.25) is 0 Å². The third-order valence-electron chi connectivity index (χ3n) is 6.70. The number of fused-ring (bicyclic) bond motifs is 5. The molecule has 0 spiro atoms. The number of ether oxygens (including phenoxy) is 4. The van der Waals surface area contributed by atoms with Crippen molar-refractivity contribution in [1.82, 2.24) is 0 Å². The number of aryl methyl sites for hydroxylation is 1. The molecule has 170 valence electrons. The number of cyclic esters (lactones) is 2. The first-order valence-electron chi connectivity index (χ1n) is 10.8. The standard InChI is InChI=1S/C25H22O8/c1-14-7-5-6-10-17(14)22(27)31-13-25-11-16(12-30-21(26)15-8-3-2-4-9-15)20(33-25)18-19(25)24(29)32-23(18)28/h2-10,16,18-20H,11-13H2,1H3/t16-,18?,19?,20+,25-/m1/s1. The maximum Gasteiger partial charge on any atom is 0.338 e. The summed E-state index contributed by atoms with van der Waals surface area (Å²) < 4.78 is 22.1. The van der Waals surface area contributed by atoms with E-state index in [1.165, 1.54) is 0 Å². The highest BCUT2D eigenvalue weighted by atomic mass is 16.6. The molecule has 2 aromatic rings. The highest BCUT2D eigenvalue weighted by Crippen LogP contribution is 2.57. The molecule has 5 rings (SSSR count). The smallest absolute Gasteiger partial charge is 0.338 e. The Labute approximate surface area is 189 Å². The molecule has 0 aromatic heterocycles. The molecule has 3 aliphatic rings. The highest BCUT2D eigenvalue weighted by Gasteiger charge is 2.72. The fourth-order valence-corrected chi connectivity index (χ4v) is 5.17. The van der Waals surface area contributed by atoms with E-state index < -0.39 is 47.4 Å². The largest absolute Gasteiger partial charge is 0.462 e. The van der Waals surface area contributed by atoms with Crippen molar-refractivity contribution < 1.29 is 38.1 Å². The lowest BCUT2D eigenvalue weighted by molar-refractivity contribution is -0.160. The summed E-state index contributed by atoms with van der Waals surface area (Å²) in [5.74, 6) is -4.33. The third kappa shape index (κ3) is 3.60. The Morgan fingerprint density at radius 2 is 1.70 bits per heavy atom. The van der Waals surface area contributed by atoms with E-state index in [2.05, 4.69) is 0 Å². The zero-order valence-corrected chi connectivity index (χ0v) is 17.9. The summed E-state index contributed by atoms with van der Waals surface area (Å²) in [6.07, 6.45) is -0.362. The van der Waals surface area contributed by atoms with E-state index in [1.807, 2.05) is 6.07 Å². The number of rotatable bonds is 6. The predicted octanol–water partition coefficient (Wildman–Crippen LogP) is 2.48. The van der Waals surface area contributed by atoms with Gasteiger partial charge in [0.15, 0.2) is 0 Å². The van der Waals surface area contributed by atoms with E-state index >= 15 is 0 Å². The van der Waals surface area contributed by atoms with Crippen LogP contribution in [0.4, 0.5) is 0 Å². The molecule has 3 fully saturated rings. The van der Waals surface area contributed by atoms with Crippen molar-refractivity contribution in [2.45, 2.75) is 25.0 Å². The molecule has 3 aliphatic heterocycles. The van der Waals surface area contributed by atoms with Gasteiger partial charge >= 0.3 is 23.9 Å². The van der Waals surface area contributed by atoms with Gasteiger partial charge in [-0.1, -0.05) is 36.4 Å². The quantitative estimate of drug-likeness (QED) is 0.376. The van der Waals surface area contributed by atoms with Gasteiger partial charge in [0, 0.05) is 5.92 Å². The van der Waals surface area contributed by atoms with Crippen molar-refractivity contribution in [2.75, 3.05) is 13.2 Å². The van der Waals surface area contributed by atoms with Crippen LogP contribution in [0.25, 0.3) is 0 Å². The molecule has 2 unspecified atom stereocenters. The Morgan fingerprint density at radius 3 is 2.45 bits per heavy atom. The topological polar surface area (TPSA) is 105 Å². The molecule has 0 saturated carbocycles. The average molecular weight is 450 g/mol.